The molecule has 0 atom stereocenters. The minimum atomic E-state index is -3.46. The highest BCUT2D eigenvalue weighted by molar-refractivity contribution is 7.89. The van der Waals surface area contributed by atoms with E-state index in [4.69, 9.17) is 11.7 Å². The molecule has 0 aromatic carbocycles. The molecule has 0 radical (unpaired) electrons. The first-order valence-corrected chi connectivity index (χ1v) is 7.03. The Balaban J connectivity index is 3.79. The topological polar surface area (TPSA) is 144 Å². The molecule has 10 heteroatoms. The maximum absolute atomic E-state index is 10.8. The van der Waals surface area contributed by atoms with E-state index in [1.54, 1.807) is 9.66 Å². The molecule has 0 fully saturated rings. The summed E-state index contributed by atoms with van der Waals surface area (Å²) in [5, 5.41) is 0. The quantitative estimate of drug-likeness (QED) is 0.219. The van der Waals surface area contributed by atoms with Gasteiger partial charge in [-0.25, -0.2) is 16.8 Å². The summed E-state index contributed by atoms with van der Waals surface area (Å²) in [4.78, 5) is 3.27. The van der Waals surface area contributed by atoms with Crippen LogP contribution in [0.25, 0.3) is 0 Å². The third-order valence-corrected chi connectivity index (χ3v) is 3.81. The van der Waals surface area contributed by atoms with Crippen LogP contribution in [0, 0.1) is 0 Å². The summed E-state index contributed by atoms with van der Waals surface area (Å²) in [5.41, 5.74) is 0. The van der Waals surface area contributed by atoms with Gasteiger partial charge in [-0.05, 0) is 12.8 Å². The molecule has 0 aromatic heterocycles. The van der Waals surface area contributed by atoms with Crippen LogP contribution in [-0.2, 0) is 20.0 Å². The summed E-state index contributed by atoms with van der Waals surface area (Å²) in [7, 11) is -6.93. The van der Waals surface area contributed by atoms with Crippen LogP contribution >= 0.6 is 0 Å². The maximum atomic E-state index is 10.8. The Hall–Kier alpha value is -0.260. The SMILES string of the molecule is NNS(=O)(=O)CCCCS(=O)(=O)NN. The highest BCUT2D eigenvalue weighted by Gasteiger charge is 2.10. The molecule has 0 aliphatic heterocycles. The predicted octanol–water partition coefficient (Wildman–Crippen LogP) is -2.65. The average molecular weight is 246 g/mol. The predicted molar refractivity (Wildman–Crippen MR) is 51.5 cm³/mol. The number of unbranched alkanes of at least 4 members (excludes halogenated alkanes) is 1. The Kier molecular flexibility index (Phi) is 5.48. The van der Waals surface area contributed by atoms with Crippen LogP contribution in [0.3, 0.4) is 0 Å². The van der Waals surface area contributed by atoms with Gasteiger partial charge in [0, 0.05) is 0 Å². The second-order valence-electron chi connectivity index (χ2n) is 2.58. The summed E-state index contributed by atoms with van der Waals surface area (Å²) in [6, 6.07) is 0. The van der Waals surface area contributed by atoms with Crippen molar-refractivity contribution in [2.75, 3.05) is 11.5 Å². The molecule has 0 aromatic rings. The van der Waals surface area contributed by atoms with Crippen LogP contribution in [-0.4, -0.2) is 28.3 Å². The Morgan fingerprint density at radius 1 is 0.786 bits per heavy atom. The van der Waals surface area contributed by atoms with Crippen LogP contribution in [0.2, 0.25) is 0 Å². The van der Waals surface area contributed by atoms with Gasteiger partial charge in [0.15, 0.2) is 0 Å². The fourth-order valence-electron chi connectivity index (χ4n) is 0.702. The first-order valence-electron chi connectivity index (χ1n) is 3.73. The van der Waals surface area contributed by atoms with Gasteiger partial charge in [0.05, 0.1) is 11.5 Å². The van der Waals surface area contributed by atoms with Crippen molar-refractivity contribution in [3.8, 4) is 0 Å². The maximum Gasteiger partial charge on any atom is 0.224 e. The van der Waals surface area contributed by atoms with Crippen molar-refractivity contribution in [1.82, 2.24) is 9.66 Å². The summed E-state index contributed by atoms with van der Waals surface area (Å²) in [5.74, 6) is 9.01. The Labute approximate surface area is 83.1 Å². The molecule has 86 valence electrons. The van der Waals surface area contributed by atoms with E-state index in [2.05, 4.69) is 0 Å². The standard InChI is InChI=1S/C4H14N4O4S2/c5-7-13(9,10)3-1-2-4-14(11,12)8-6/h7-8H,1-6H2. The van der Waals surface area contributed by atoms with E-state index in [0.29, 0.717) is 0 Å². The van der Waals surface area contributed by atoms with Crippen LogP contribution in [0.15, 0.2) is 0 Å². The van der Waals surface area contributed by atoms with Crippen LogP contribution in [0.4, 0.5) is 0 Å². The normalized spacial score (nSPS) is 13.0. The Morgan fingerprint density at radius 2 is 1.07 bits per heavy atom. The molecule has 0 bridgehead atoms. The van der Waals surface area contributed by atoms with E-state index >= 15 is 0 Å². The third-order valence-electron chi connectivity index (χ3n) is 1.44. The molecule has 0 amide bonds. The van der Waals surface area contributed by atoms with Gasteiger partial charge in [-0.3, -0.25) is 11.7 Å². The van der Waals surface area contributed by atoms with E-state index in [1.165, 1.54) is 0 Å². The van der Waals surface area contributed by atoms with Gasteiger partial charge < -0.3 is 0 Å². The van der Waals surface area contributed by atoms with Gasteiger partial charge in [0.2, 0.25) is 20.0 Å². The third kappa shape index (κ3) is 6.23. The second-order valence-corrected chi connectivity index (χ2v) is 6.33. The highest BCUT2D eigenvalue weighted by atomic mass is 32.2. The lowest BCUT2D eigenvalue weighted by molar-refractivity contribution is 0.573. The van der Waals surface area contributed by atoms with Crippen LogP contribution in [0.1, 0.15) is 12.8 Å². The van der Waals surface area contributed by atoms with E-state index < -0.39 is 20.0 Å². The van der Waals surface area contributed by atoms with Crippen molar-refractivity contribution >= 4 is 20.0 Å². The van der Waals surface area contributed by atoms with Crippen molar-refractivity contribution < 1.29 is 16.8 Å². The van der Waals surface area contributed by atoms with E-state index in [0.717, 1.165) is 0 Å². The summed E-state index contributed by atoms with van der Waals surface area (Å²) in [6.07, 6.45) is 0.404. The monoisotopic (exact) mass is 246 g/mol. The number of hydrazine groups is 2. The molecular weight excluding hydrogens is 232 g/mol. The zero-order valence-corrected chi connectivity index (χ0v) is 9.07. The molecule has 6 N–H and O–H groups in total. The van der Waals surface area contributed by atoms with Gasteiger partial charge in [-0.15, -0.1) is 0 Å². The minimum Gasteiger partial charge on any atom is -0.258 e. The van der Waals surface area contributed by atoms with Gasteiger partial charge in [0.25, 0.3) is 0 Å². The molecule has 0 rings (SSSR count). The zero-order chi connectivity index (χ0) is 11.2. The number of nitrogens with one attached hydrogen (secondary N) is 2. The van der Waals surface area contributed by atoms with Crippen molar-refractivity contribution in [2.24, 2.45) is 11.7 Å². The number of hydrogen-bond acceptors (Lipinski definition) is 6. The fraction of sp³-hybridized carbons (Fsp3) is 1.00. The van der Waals surface area contributed by atoms with E-state index in [-0.39, 0.29) is 24.3 Å². The fourth-order valence-corrected chi connectivity index (χ4v) is 2.11. The lowest BCUT2D eigenvalue weighted by Crippen LogP contribution is -2.34. The molecule has 0 aliphatic rings. The summed E-state index contributed by atoms with van der Waals surface area (Å²) in [6.45, 7) is 0. The first-order chi connectivity index (χ1) is 6.33. The van der Waals surface area contributed by atoms with Gasteiger partial charge in [-0.1, -0.05) is 0 Å². The molecule has 0 saturated heterocycles. The summed E-state index contributed by atoms with van der Waals surface area (Å²) >= 11 is 0. The Morgan fingerprint density at radius 3 is 1.29 bits per heavy atom. The van der Waals surface area contributed by atoms with Crippen molar-refractivity contribution in [2.45, 2.75) is 12.8 Å². The molecule has 0 aliphatic carbocycles. The van der Waals surface area contributed by atoms with Crippen molar-refractivity contribution in [3.05, 3.63) is 0 Å². The van der Waals surface area contributed by atoms with Gasteiger partial charge in [0.1, 0.15) is 0 Å². The number of nitrogens with two attached hydrogens (primary N) is 2. The Bertz CT molecular complexity index is 312. The molecule has 0 unspecified atom stereocenters. The molecule has 8 nitrogen and oxygen atoms in total. The lowest BCUT2D eigenvalue weighted by Gasteiger charge is -2.02. The molecule has 0 spiro atoms. The van der Waals surface area contributed by atoms with E-state index in [1.807, 2.05) is 0 Å². The average Bonchev–Trinajstić information content (AvgIpc) is 2.13. The number of sulfonamides is 2. The van der Waals surface area contributed by atoms with Crippen LogP contribution < -0.4 is 21.3 Å². The van der Waals surface area contributed by atoms with E-state index in [9.17, 15) is 16.8 Å². The minimum absolute atomic E-state index is 0.202. The van der Waals surface area contributed by atoms with Crippen molar-refractivity contribution in [3.63, 3.8) is 0 Å². The number of hydrogen-bond donors (Lipinski definition) is 4. The van der Waals surface area contributed by atoms with Gasteiger partial charge in [-0.2, -0.15) is 9.66 Å². The molecule has 0 saturated carbocycles. The highest BCUT2D eigenvalue weighted by Crippen LogP contribution is 1.96. The molecular formula is C4H14N4O4S2. The zero-order valence-electron chi connectivity index (χ0n) is 7.43. The second kappa shape index (κ2) is 5.58. The van der Waals surface area contributed by atoms with Gasteiger partial charge >= 0.3 is 0 Å². The molecule has 14 heavy (non-hydrogen) atoms. The first kappa shape index (κ1) is 13.7. The molecule has 0 heterocycles. The number of rotatable bonds is 7. The van der Waals surface area contributed by atoms with Crippen molar-refractivity contribution in [1.29, 1.82) is 0 Å². The smallest absolute Gasteiger partial charge is 0.224 e. The largest absolute Gasteiger partial charge is 0.258 e. The van der Waals surface area contributed by atoms with Crippen LogP contribution in [0.5, 0.6) is 0 Å². The lowest BCUT2D eigenvalue weighted by atomic mass is 10.4. The summed E-state index contributed by atoms with van der Waals surface area (Å²) < 4.78 is 43.1.